The molecule has 2 aromatic rings. The van der Waals surface area contributed by atoms with E-state index in [1.807, 2.05) is 30.3 Å². The molecule has 0 spiro atoms. The van der Waals surface area contributed by atoms with Crippen molar-refractivity contribution in [2.75, 3.05) is 6.61 Å². The summed E-state index contributed by atoms with van der Waals surface area (Å²) in [6, 6.07) is 11.2. The zero-order chi connectivity index (χ0) is 20.1. The van der Waals surface area contributed by atoms with Crippen molar-refractivity contribution in [3.05, 3.63) is 42.1 Å². The van der Waals surface area contributed by atoms with Crippen LogP contribution < -0.4 is 5.32 Å². The van der Waals surface area contributed by atoms with Crippen molar-refractivity contribution in [2.45, 2.75) is 58.9 Å². The van der Waals surface area contributed by atoms with Gasteiger partial charge >= 0.3 is 5.97 Å². The maximum absolute atomic E-state index is 12.2. The van der Waals surface area contributed by atoms with E-state index in [9.17, 15) is 9.59 Å². The molecule has 150 valence electrons. The molecule has 0 bridgehead atoms. The topological polar surface area (TPSA) is 68.3 Å². The molecular formula is C23H30N2O3. The summed E-state index contributed by atoms with van der Waals surface area (Å²) >= 11 is 0. The average molecular weight is 383 g/mol. The van der Waals surface area contributed by atoms with Crippen LogP contribution in [0.5, 0.6) is 0 Å². The summed E-state index contributed by atoms with van der Waals surface area (Å²) in [6.07, 6.45) is 5.41. The smallest absolute Gasteiger partial charge is 0.357 e. The number of fused-ring (bicyclic) bond motifs is 1. The summed E-state index contributed by atoms with van der Waals surface area (Å²) in [4.78, 5) is 28.7. The summed E-state index contributed by atoms with van der Waals surface area (Å²) in [5, 5.41) is 3.97. The minimum absolute atomic E-state index is 0.175. The van der Waals surface area contributed by atoms with Gasteiger partial charge in [-0.05, 0) is 49.1 Å². The summed E-state index contributed by atoms with van der Waals surface area (Å²) < 4.78 is 5.16. The lowest BCUT2D eigenvalue weighted by molar-refractivity contribution is -0.125. The van der Waals surface area contributed by atoms with E-state index in [1.165, 1.54) is 6.42 Å². The molecule has 3 rings (SSSR count). The van der Waals surface area contributed by atoms with Crippen LogP contribution in [0.1, 0.15) is 63.4 Å². The van der Waals surface area contributed by atoms with E-state index >= 15 is 0 Å². The Kier molecular flexibility index (Phi) is 6.32. The van der Waals surface area contributed by atoms with Crippen molar-refractivity contribution in [3.8, 4) is 0 Å². The molecule has 28 heavy (non-hydrogen) atoms. The number of ether oxygens (including phenoxy) is 1. The van der Waals surface area contributed by atoms with Crippen molar-refractivity contribution >= 4 is 22.8 Å². The van der Waals surface area contributed by atoms with Crippen LogP contribution in [0.2, 0.25) is 0 Å². The van der Waals surface area contributed by atoms with E-state index in [-0.39, 0.29) is 24.2 Å². The first-order chi connectivity index (χ1) is 13.4. The van der Waals surface area contributed by atoms with Gasteiger partial charge in [0.2, 0.25) is 0 Å². The molecule has 0 radical (unpaired) electrons. The van der Waals surface area contributed by atoms with Gasteiger partial charge in [0.15, 0.2) is 6.61 Å². The number of carbonyl (C=O) groups is 2. The minimum atomic E-state index is -0.575. The van der Waals surface area contributed by atoms with Crippen LogP contribution in [-0.4, -0.2) is 29.5 Å². The highest BCUT2D eigenvalue weighted by molar-refractivity contribution is 5.92. The molecule has 5 heteroatoms. The van der Waals surface area contributed by atoms with Crippen molar-refractivity contribution < 1.29 is 14.3 Å². The number of nitrogens with one attached hydrogen (secondary N) is 1. The van der Waals surface area contributed by atoms with Crippen molar-refractivity contribution in [3.63, 3.8) is 0 Å². The number of hydrogen-bond donors (Lipinski definition) is 1. The second-order valence-electron chi connectivity index (χ2n) is 8.42. The molecule has 1 heterocycles. The van der Waals surface area contributed by atoms with Gasteiger partial charge < -0.3 is 10.1 Å². The fourth-order valence-electron chi connectivity index (χ4n) is 3.96. The Bertz CT molecular complexity index is 839. The van der Waals surface area contributed by atoms with Crippen LogP contribution in [0, 0.1) is 11.3 Å². The molecule has 1 saturated carbocycles. The normalized spacial score (nSPS) is 20.0. The number of hydrogen-bond acceptors (Lipinski definition) is 4. The average Bonchev–Trinajstić information content (AvgIpc) is 2.72. The third kappa shape index (κ3) is 4.89. The molecule has 1 aliphatic carbocycles. The standard InChI is InChI=1S/C23H30N2O3/c1-4-23(2,3)17-10-12-18(13-11-17)24-21(26)15-28-22(27)20-14-9-16-7-5-6-8-19(16)25-20/h5-9,14,17-18H,4,10-13,15H2,1-3H3,(H,24,26). The van der Waals surface area contributed by atoms with Gasteiger partial charge in [0.1, 0.15) is 5.69 Å². The molecule has 1 fully saturated rings. The zero-order valence-corrected chi connectivity index (χ0v) is 17.0. The fraction of sp³-hybridized carbons (Fsp3) is 0.522. The first-order valence-electron chi connectivity index (χ1n) is 10.2. The Balaban J connectivity index is 1.46. The Hall–Kier alpha value is -2.43. The van der Waals surface area contributed by atoms with Crippen LogP contribution in [0.4, 0.5) is 0 Å². The highest BCUT2D eigenvalue weighted by Crippen LogP contribution is 2.40. The van der Waals surface area contributed by atoms with E-state index < -0.39 is 5.97 Å². The maximum Gasteiger partial charge on any atom is 0.357 e. The lowest BCUT2D eigenvalue weighted by Crippen LogP contribution is -2.41. The van der Waals surface area contributed by atoms with Crippen molar-refractivity contribution in [1.82, 2.24) is 10.3 Å². The van der Waals surface area contributed by atoms with Crippen LogP contribution in [0.15, 0.2) is 36.4 Å². The molecule has 1 N–H and O–H groups in total. The molecular weight excluding hydrogens is 352 g/mol. The molecule has 5 nitrogen and oxygen atoms in total. The van der Waals surface area contributed by atoms with Gasteiger partial charge in [-0.25, -0.2) is 9.78 Å². The first-order valence-corrected chi connectivity index (χ1v) is 10.2. The fourth-order valence-corrected chi connectivity index (χ4v) is 3.96. The van der Waals surface area contributed by atoms with E-state index in [2.05, 4.69) is 31.1 Å². The predicted octanol–water partition coefficient (Wildman–Crippen LogP) is 4.50. The van der Waals surface area contributed by atoms with Gasteiger partial charge in [0.25, 0.3) is 5.91 Å². The minimum Gasteiger partial charge on any atom is -0.451 e. The highest BCUT2D eigenvalue weighted by atomic mass is 16.5. The van der Waals surface area contributed by atoms with Crippen LogP contribution in [0.3, 0.4) is 0 Å². The summed E-state index contributed by atoms with van der Waals surface area (Å²) in [6.45, 7) is 6.63. The Morgan fingerprint density at radius 2 is 1.82 bits per heavy atom. The Morgan fingerprint density at radius 3 is 2.54 bits per heavy atom. The maximum atomic E-state index is 12.2. The van der Waals surface area contributed by atoms with Gasteiger partial charge in [-0.1, -0.05) is 51.5 Å². The van der Waals surface area contributed by atoms with E-state index in [0.717, 1.165) is 36.6 Å². The van der Waals surface area contributed by atoms with Crippen LogP contribution in [0.25, 0.3) is 10.9 Å². The number of pyridine rings is 1. The largest absolute Gasteiger partial charge is 0.451 e. The second kappa shape index (κ2) is 8.72. The van der Waals surface area contributed by atoms with Crippen molar-refractivity contribution in [2.24, 2.45) is 11.3 Å². The summed E-state index contributed by atoms with van der Waals surface area (Å²) in [7, 11) is 0. The number of aromatic nitrogens is 1. The lowest BCUT2D eigenvalue weighted by atomic mass is 9.69. The van der Waals surface area contributed by atoms with Gasteiger partial charge in [-0.15, -0.1) is 0 Å². The number of amides is 1. The second-order valence-corrected chi connectivity index (χ2v) is 8.42. The number of para-hydroxylation sites is 1. The Morgan fingerprint density at radius 1 is 1.11 bits per heavy atom. The van der Waals surface area contributed by atoms with E-state index in [1.54, 1.807) is 6.07 Å². The van der Waals surface area contributed by atoms with E-state index in [4.69, 9.17) is 4.74 Å². The molecule has 1 amide bonds. The number of esters is 1. The summed E-state index contributed by atoms with van der Waals surface area (Å²) in [5.41, 5.74) is 1.30. The number of benzene rings is 1. The lowest BCUT2D eigenvalue weighted by Gasteiger charge is -2.39. The zero-order valence-electron chi connectivity index (χ0n) is 17.0. The third-order valence-electron chi connectivity index (χ3n) is 6.25. The molecule has 0 unspecified atom stereocenters. The third-order valence-corrected chi connectivity index (χ3v) is 6.25. The van der Waals surface area contributed by atoms with Gasteiger partial charge in [0.05, 0.1) is 5.52 Å². The van der Waals surface area contributed by atoms with E-state index in [0.29, 0.717) is 11.3 Å². The quantitative estimate of drug-likeness (QED) is 0.747. The molecule has 1 aliphatic rings. The molecule has 1 aromatic carbocycles. The molecule has 0 atom stereocenters. The summed E-state index contributed by atoms with van der Waals surface area (Å²) in [5.74, 6) is -0.107. The van der Waals surface area contributed by atoms with Crippen LogP contribution in [-0.2, 0) is 9.53 Å². The molecule has 0 aliphatic heterocycles. The predicted molar refractivity (Wildman–Crippen MR) is 110 cm³/mol. The molecule has 1 aromatic heterocycles. The number of carbonyl (C=O) groups excluding carboxylic acids is 2. The van der Waals surface area contributed by atoms with Gasteiger partial charge in [0, 0.05) is 11.4 Å². The van der Waals surface area contributed by atoms with Gasteiger partial charge in [-0.2, -0.15) is 0 Å². The monoisotopic (exact) mass is 382 g/mol. The Labute approximate surface area is 166 Å². The molecule has 0 saturated heterocycles. The first kappa shape index (κ1) is 20.3. The number of nitrogens with zero attached hydrogens (tertiary/aromatic N) is 1. The van der Waals surface area contributed by atoms with Crippen LogP contribution >= 0.6 is 0 Å². The van der Waals surface area contributed by atoms with Crippen molar-refractivity contribution in [1.29, 1.82) is 0 Å². The number of rotatable bonds is 6. The SMILES string of the molecule is CCC(C)(C)C1CCC(NC(=O)COC(=O)c2ccc3ccccc3n2)CC1. The van der Waals surface area contributed by atoms with Gasteiger partial charge in [-0.3, -0.25) is 4.79 Å². The highest BCUT2D eigenvalue weighted by Gasteiger charge is 2.32.